The molecule has 1 saturated heterocycles. The second kappa shape index (κ2) is 5.23. The molecule has 2 rings (SSSR count). The standard InChI is InChI=1S/C12H14N2O5/c1-19-9-2-3-10(14(17)18)8(6-9)7-13-5-4-11(15)12(13)16/h2-3,6,11,15H,4-5,7H2,1H3. The number of nitro benzene ring substituents is 1. The maximum atomic E-state index is 11.6. The monoisotopic (exact) mass is 266 g/mol. The summed E-state index contributed by atoms with van der Waals surface area (Å²) in [5, 5.41) is 20.3. The van der Waals surface area contributed by atoms with Crippen LogP contribution in [0.5, 0.6) is 5.75 Å². The van der Waals surface area contributed by atoms with E-state index < -0.39 is 16.9 Å². The number of likely N-dealkylation sites (tertiary alicyclic amines) is 1. The van der Waals surface area contributed by atoms with Gasteiger partial charge in [-0.2, -0.15) is 0 Å². The molecule has 1 aliphatic rings. The molecule has 1 aliphatic heterocycles. The van der Waals surface area contributed by atoms with Crippen LogP contribution in [0.25, 0.3) is 0 Å². The summed E-state index contributed by atoms with van der Waals surface area (Å²) >= 11 is 0. The van der Waals surface area contributed by atoms with Gasteiger partial charge in [-0.05, 0) is 18.6 Å². The van der Waals surface area contributed by atoms with Crippen molar-refractivity contribution in [1.82, 2.24) is 4.90 Å². The fourth-order valence-electron chi connectivity index (χ4n) is 2.08. The van der Waals surface area contributed by atoms with Crippen molar-refractivity contribution < 1.29 is 19.6 Å². The average molecular weight is 266 g/mol. The third-order valence-electron chi connectivity index (χ3n) is 3.11. The zero-order valence-electron chi connectivity index (χ0n) is 10.4. The third kappa shape index (κ3) is 2.65. The van der Waals surface area contributed by atoms with E-state index in [2.05, 4.69) is 0 Å². The molecule has 1 aromatic rings. The third-order valence-corrected chi connectivity index (χ3v) is 3.11. The van der Waals surface area contributed by atoms with Crippen LogP contribution in [0, 0.1) is 10.1 Å². The van der Waals surface area contributed by atoms with E-state index in [0.717, 1.165) is 0 Å². The first-order valence-electron chi connectivity index (χ1n) is 5.81. The number of carbonyl (C=O) groups excluding carboxylic acids is 1. The molecule has 102 valence electrons. The van der Waals surface area contributed by atoms with Crippen LogP contribution in [0.3, 0.4) is 0 Å². The minimum absolute atomic E-state index is 0.0602. The molecule has 1 heterocycles. The molecule has 1 aromatic carbocycles. The normalized spacial score (nSPS) is 18.7. The SMILES string of the molecule is COc1ccc([N+](=O)[O-])c(CN2CCC(O)C2=O)c1. The van der Waals surface area contributed by atoms with Crippen LogP contribution >= 0.6 is 0 Å². The summed E-state index contributed by atoms with van der Waals surface area (Å²) in [7, 11) is 1.47. The number of hydrogen-bond donors (Lipinski definition) is 1. The smallest absolute Gasteiger partial charge is 0.274 e. The van der Waals surface area contributed by atoms with E-state index >= 15 is 0 Å². The zero-order valence-corrected chi connectivity index (χ0v) is 10.4. The molecule has 0 spiro atoms. The van der Waals surface area contributed by atoms with E-state index in [-0.39, 0.29) is 12.2 Å². The number of aliphatic hydroxyl groups excluding tert-OH is 1. The van der Waals surface area contributed by atoms with Crippen LogP contribution < -0.4 is 4.74 Å². The molecule has 0 bridgehead atoms. The van der Waals surface area contributed by atoms with Crippen LogP contribution in [0.1, 0.15) is 12.0 Å². The topological polar surface area (TPSA) is 92.9 Å². The zero-order chi connectivity index (χ0) is 14.0. The lowest BCUT2D eigenvalue weighted by molar-refractivity contribution is -0.385. The van der Waals surface area contributed by atoms with E-state index in [9.17, 15) is 20.0 Å². The molecule has 7 heteroatoms. The van der Waals surface area contributed by atoms with E-state index in [0.29, 0.717) is 24.3 Å². The van der Waals surface area contributed by atoms with Gasteiger partial charge in [-0.3, -0.25) is 14.9 Å². The molecule has 1 fully saturated rings. The highest BCUT2D eigenvalue weighted by molar-refractivity contribution is 5.82. The van der Waals surface area contributed by atoms with Crippen molar-refractivity contribution in [2.24, 2.45) is 0 Å². The summed E-state index contributed by atoms with van der Waals surface area (Å²) < 4.78 is 5.03. The Labute approximate surface area is 109 Å². The maximum absolute atomic E-state index is 11.6. The van der Waals surface area contributed by atoms with Crippen LogP contribution in [0.15, 0.2) is 18.2 Å². The number of amides is 1. The van der Waals surface area contributed by atoms with Crippen molar-refractivity contribution in [3.63, 3.8) is 0 Å². The molecule has 0 saturated carbocycles. The van der Waals surface area contributed by atoms with Crippen LogP contribution in [-0.2, 0) is 11.3 Å². The van der Waals surface area contributed by atoms with Crippen molar-refractivity contribution in [1.29, 1.82) is 0 Å². The van der Waals surface area contributed by atoms with Gasteiger partial charge in [0.25, 0.3) is 11.6 Å². The number of aliphatic hydroxyl groups is 1. The molecular formula is C12H14N2O5. The van der Waals surface area contributed by atoms with E-state index in [1.54, 1.807) is 0 Å². The first kappa shape index (κ1) is 13.3. The molecule has 0 aromatic heterocycles. The largest absolute Gasteiger partial charge is 0.497 e. The van der Waals surface area contributed by atoms with Gasteiger partial charge in [-0.15, -0.1) is 0 Å². The number of ether oxygens (including phenoxy) is 1. The molecule has 7 nitrogen and oxygen atoms in total. The Morgan fingerprint density at radius 3 is 2.84 bits per heavy atom. The highest BCUT2D eigenvalue weighted by atomic mass is 16.6. The second-order valence-corrected chi connectivity index (χ2v) is 4.32. The lowest BCUT2D eigenvalue weighted by atomic mass is 10.1. The van der Waals surface area contributed by atoms with Crippen molar-refractivity contribution in [2.75, 3.05) is 13.7 Å². The number of benzene rings is 1. The molecule has 1 amide bonds. The molecule has 1 unspecified atom stereocenters. The summed E-state index contributed by atoms with van der Waals surface area (Å²) in [6.07, 6.45) is -0.638. The Morgan fingerprint density at radius 1 is 1.58 bits per heavy atom. The van der Waals surface area contributed by atoms with Crippen LogP contribution in [-0.4, -0.2) is 40.6 Å². The molecule has 0 radical (unpaired) electrons. The van der Waals surface area contributed by atoms with Crippen LogP contribution in [0.2, 0.25) is 0 Å². The molecule has 0 aliphatic carbocycles. The summed E-state index contributed by atoms with van der Waals surface area (Å²) in [6, 6.07) is 4.39. The fraction of sp³-hybridized carbons (Fsp3) is 0.417. The molecular weight excluding hydrogens is 252 g/mol. The number of nitrogens with zero attached hydrogens (tertiary/aromatic N) is 2. The van der Waals surface area contributed by atoms with Crippen molar-refractivity contribution in [2.45, 2.75) is 19.1 Å². The van der Waals surface area contributed by atoms with Gasteiger partial charge in [-0.25, -0.2) is 0 Å². The summed E-state index contributed by atoms with van der Waals surface area (Å²) in [4.78, 5) is 23.5. The summed E-state index contributed by atoms with van der Waals surface area (Å²) in [5.74, 6) is 0.102. The first-order valence-corrected chi connectivity index (χ1v) is 5.81. The Bertz CT molecular complexity index is 517. The van der Waals surface area contributed by atoms with Gasteiger partial charge in [0, 0.05) is 12.6 Å². The second-order valence-electron chi connectivity index (χ2n) is 4.32. The van der Waals surface area contributed by atoms with Gasteiger partial charge in [0.1, 0.15) is 11.9 Å². The minimum Gasteiger partial charge on any atom is -0.497 e. The number of rotatable bonds is 4. The number of hydrogen-bond acceptors (Lipinski definition) is 5. The van der Waals surface area contributed by atoms with E-state index in [4.69, 9.17) is 4.74 Å². The van der Waals surface area contributed by atoms with Crippen molar-refractivity contribution >= 4 is 11.6 Å². The number of carbonyl (C=O) groups is 1. The van der Waals surface area contributed by atoms with Gasteiger partial charge < -0.3 is 14.7 Å². The summed E-state index contributed by atoms with van der Waals surface area (Å²) in [5.41, 5.74) is 0.335. The maximum Gasteiger partial charge on any atom is 0.274 e. The van der Waals surface area contributed by atoms with Gasteiger partial charge >= 0.3 is 0 Å². The quantitative estimate of drug-likeness (QED) is 0.639. The Hall–Kier alpha value is -2.15. The number of methoxy groups -OCH3 is 1. The lowest BCUT2D eigenvalue weighted by Crippen LogP contribution is -2.29. The molecule has 1 N–H and O–H groups in total. The van der Waals surface area contributed by atoms with Gasteiger partial charge in [-0.1, -0.05) is 0 Å². The highest BCUT2D eigenvalue weighted by Crippen LogP contribution is 2.26. The van der Waals surface area contributed by atoms with E-state index in [1.807, 2.05) is 0 Å². The van der Waals surface area contributed by atoms with Gasteiger partial charge in [0.05, 0.1) is 24.1 Å². The molecule has 1 atom stereocenters. The van der Waals surface area contributed by atoms with Crippen molar-refractivity contribution in [3.05, 3.63) is 33.9 Å². The van der Waals surface area contributed by atoms with Crippen LogP contribution in [0.4, 0.5) is 5.69 Å². The predicted molar refractivity (Wildman–Crippen MR) is 65.7 cm³/mol. The fourth-order valence-corrected chi connectivity index (χ4v) is 2.08. The number of nitro groups is 1. The van der Waals surface area contributed by atoms with Crippen molar-refractivity contribution in [3.8, 4) is 5.75 Å². The predicted octanol–water partition coefficient (Wildman–Crippen LogP) is 0.697. The highest BCUT2D eigenvalue weighted by Gasteiger charge is 2.31. The summed E-state index contributed by atoms with van der Waals surface area (Å²) in [6.45, 7) is 0.498. The first-order chi connectivity index (χ1) is 9.02. The average Bonchev–Trinajstić information content (AvgIpc) is 2.70. The van der Waals surface area contributed by atoms with Gasteiger partial charge in [0.2, 0.25) is 0 Å². The Morgan fingerprint density at radius 2 is 2.32 bits per heavy atom. The lowest BCUT2D eigenvalue weighted by Gasteiger charge is -2.16. The molecule has 19 heavy (non-hydrogen) atoms. The minimum atomic E-state index is -0.996. The Kier molecular flexibility index (Phi) is 3.66. The van der Waals surface area contributed by atoms with Gasteiger partial charge in [0.15, 0.2) is 0 Å². The Balaban J connectivity index is 2.27. The van der Waals surface area contributed by atoms with E-state index in [1.165, 1.54) is 30.2 Å².